The van der Waals surface area contributed by atoms with Gasteiger partial charge in [0.05, 0.1) is 5.60 Å². The molecule has 0 amide bonds. The van der Waals surface area contributed by atoms with E-state index in [9.17, 15) is 5.11 Å². The second-order valence-electron chi connectivity index (χ2n) is 2.97. The molecule has 4 heteroatoms. The minimum atomic E-state index is -1.24. The lowest BCUT2D eigenvalue weighted by Crippen LogP contribution is -2.24. The molecule has 0 fully saturated rings. The molecule has 0 aliphatic carbocycles. The zero-order valence-corrected chi connectivity index (χ0v) is 8.97. The Morgan fingerprint density at radius 1 is 1.18 bits per heavy atom. The summed E-state index contributed by atoms with van der Waals surface area (Å²) in [7, 11) is 0. The third-order valence-electron chi connectivity index (χ3n) is 1.71. The lowest BCUT2D eigenvalue weighted by atomic mass is 9.98. The highest BCUT2D eigenvalue weighted by atomic mass is 35.6. The molecule has 1 atom stereocenters. The van der Waals surface area contributed by atoms with Crippen LogP contribution in [-0.4, -0.2) is 14.5 Å². The van der Waals surface area contributed by atoms with Crippen molar-refractivity contribution in [3.8, 4) is 0 Å². The van der Waals surface area contributed by atoms with Gasteiger partial charge in [0.1, 0.15) is 0 Å². The molecule has 0 aliphatic heterocycles. The Balaban J connectivity index is 3.70. The summed E-state index contributed by atoms with van der Waals surface area (Å²) in [4.78, 5) is 0. The smallest absolute Gasteiger partial charge is 0.190 e. The van der Waals surface area contributed by atoms with E-state index in [-0.39, 0.29) is 0 Å². The van der Waals surface area contributed by atoms with Crippen LogP contribution >= 0.6 is 34.8 Å². The van der Waals surface area contributed by atoms with E-state index in [1.807, 2.05) is 6.92 Å². The fraction of sp³-hybridized carbons (Fsp3) is 1.00. The van der Waals surface area contributed by atoms with Crippen LogP contribution in [0, 0.1) is 0 Å². The van der Waals surface area contributed by atoms with Crippen molar-refractivity contribution in [1.82, 2.24) is 0 Å². The Hall–Kier alpha value is 0.830. The zero-order chi connectivity index (χ0) is 9.12. The first-order chi connectivity index (χ1) is 4.77. The van der Waals surface area contributed by atoms with Crippen LogP contribution in [0.2, 0.25) is 0 Å². The summed E-state index contributed by atoms with van der Waals surface area (Å²) in [6.45, 7) is 3.64. The van der Waals surface area contributed by atoms with Gasteiger partial charge in [0, 0.05) is 0 Å². The number of rotatable bonds is 3. The maximum atomic E-state index is 9.51. The van der Waals surface area contributed by atoms with Crippen molar-refractivity contribution >= 4 is 34.8 Å². The molecule has 1 nitrogen and oxygen atoms in total. The molecule has 11 heavy (non-hydrogen) atoms. The predicted octanol–water partition coefficient (Wildman–Crippen LogP) is 3.30. The Labute approximate surface area is 82.6 Å². The van der Waals surface area contributed by atoms with Gasteiger partial charge in [0.15, 0.2) is 3.79 Å². The molecule has 0 rings (SSSR count). The van der Waals surface area contributed by atoms with Crippen molar-refractivity contribution in [3.63, 3.8) is 0 Å². The summed E-state index contributed by atoms with van der Waals surface area (Å²) in [5, 5.41) is 9.51. The van der Waals surface area contributed by atoms with Gasteiger partial charge in [-0.05, 0) is 26.2 Å². The molecule has 0 saturated carbocycles. The summed E-state index contributed by atoms with van der Waals surface area (Å²) in [5.41, 5.74) is -0.704. The van der Waals surface area contributed by atoms with Gasteiger partial charge < -0.3 is 5.11 Å². The maximum Gasteiger partial charge on any atom is 0.190 e. The average molecular weight is 220 g/mol. The number of hydrogen-bond acceptors (Lipinski definition) is 1. The first-order valence-electron chi connectivity index (χ1n) is 3.56. The minimum Gasteiger partial charge on any atom is -0.390 e. The lowest BCUT2D eigenvalue weighted by Gasteiger charge is -2.23. The third-order valence-corrected chi connectivity index (χ3v) is 2.28. The first kappa shape index (κ1) is 11.8. The van der Waals surface area contributed by atoms with Gasteiger partial charge in [0.2, 0.25) is 0 Å². The van der Waals surface area contributed by atoms with Crippen molar-refractivity contribution in [2.75, 3.05) is 0 Å². The van der Waals surface area contributed by atoms with Gasteiger partial charge in [0.25, 0.3) is 0 Å². The van der Waals surface area contributed by atoms with Gasteiger partial charge >= 0.3 is 0 Å². The fourth-order valence-corrected chi connectivity index (χ4v) is 0.871. The van der Waals surface area contributed by atoms with E-state index in [4.69, 9.17) is 34.8 Å². The molecule has 0 aromatic heterocycles. The van der Waals surface area contributed by atoms with E-state index in [0.29, 0.717) is 19.3 Å². The molecule has 0 aromatic rings. The maximum absolute atomic E-state index is 9.51. The summed E-state index contributed by atoms with van der Waals surface area (Å²) in [6.07, 6.45) is 1.58. The topological polar surface area (TPSA) is 20.2 Å². The Bertz CT molecular complexity index is 117. The number of aliphatic hydroxyl groups is 1. The highest BCUT2D eigenvalue weighted by molar-refractivity contribution is 6.67. The summed E-state index contributed by atoms with van der Waals surface area (Å²) >= 11 is 16.5. The molecule has 0 radical (unpaired) electrons. The van der Waals surface area contributed by atoms with Gasteiger partial charge in [-0.1, -0.05) is 41.7 Å². The second-order valence-corrected chi connectivity index (χ2v) is 5.48. The number of alkyl halides is 3. The van der Waals surface area contributed by atoms with Crippen molar-refractivity contribution in [1.29, 1.82) is 0 Å². The van der Waals surface area contributed by atoms with E-state index in [1.54, 1.807) is 6.92 Å². The first-order valence-corrected chi connectivity index (χ1v) is 4.69. The van der Waals surface area contributed by atoms with E-state index in [2.05, 4.69) is 0 Å². The molecular weight excluding hydrogens is 206 g/mol. The number of halogens is 3. The molecule has 0 aromatic carbocycles. The Morgan fingerprint density at radius 2 is 1.64 bits per heavy atom. The van der Waals surface area contributed by atoms with Crippen LogP contribution in [-0.2, 0) is 0 Å². The largest absolute Gasteiger partial charge is 0.390 e. The predicted molar refractivity (Wildman–Crippen MR) is 50.4 cm³/mol. The van der Waals surface area contributed by atoms with Crippen molar-refractivity contribution < 1.29 is 5.11 Å². The van der Waals surface area contributed by atoms with Gasteiger partial charge in [-0.2, -0.15) is 0 Å². The molecule has 0 spiro atoms. The van der Waals surface area contributed by atoms with Crippen LogP contribution in [0.3, 0.4) is 0 Å². The molecule has 0 aliphatic rings. The molecule has 68 valence electrons. The Morgan fingerprint density at radius 3 is 1.91 bits per heavy atom. The molecule has 1 N–H and O–H groups in total. The fourth-order valence-electron chi connectivity index (χ4n) is 0.588. The monoisotopic (exact) mass is 218 g/mol. The Kier molecular flexibility index (Phi) is 4.49. The number of hydrogen-bond donors (Lipinski definition) is 1. The van der Waals surface area contributed by atoms with Crippen molar-refractivity contribution in [2.45, 2.75) is 42.5 Å². The highest BCUT2D eigenvalue weighted by Crippen LogP contribution is 2.34. The molecular formula is C7H13Cl3O. The molecule has 0 heterocycles. The third kappa shape index (κ3) is 7.20. The second kappa shape index (κ2) is 4.18. The van der Waals surface area contributed by atoms with Crippen molar-refractivity contribution in [2.24, 2.45) is 0 Å². The van der Waals surface area contributed by atoms with Crippen molar-refractivity contribution in [3.05, 3.63) is 0 Å². The molecule has 0 saturated heterocycles. The summed E-state index contributed by atoms with van der Waals surface area (Å²) in [5.74, 6) is 0. The van der Waals surface area contributed by atoms with Gasteiger partial charge in [-0.3, -0.25) is 0 Å². The standard InChI is InChI=1S/C7H13Cl3O/c1-3-6(2,11)4-5-7(8,9)10/h11H,3-5H2,1-2H3. The SMILES string of the molecule is CCC(C)(O)CCC(Cl)(Cl)Cl. The van der Waals surface area contributed by atoms with Crippen LogP contribution in [0.5, 0.6) is 0 Å². The highest BCUT2D eigenvalue weighted by Gasteiger charge is 2.25. The normalized spacial score (nSPS) is 18.0. The molecule has 0 bridgehead atoms. The van der Waals surface area contributed by atoms with E-state index in [1.165, 1.54) is 0 Å². The quantitative estimate of drug-likeness (QED) is 0.722. The van der Waals surface area contributed by atoms with Gasteiger partial charge in [-0.15, -0.1) is 0 Å². The van der Waals surface area contributed by atoms with Crippen LogP contribution in [0.1, 0.15) is 33.1 Å². The van der Waals surface area contributed by atoms with E-state index >= 15 is 0 Å². The average Bonchev–Trinajstić information content (AvgIpc) is 1.83. The summed E-state index contributed by atoms with van der Waals surface area (Å²) in [6, 6.07) is 0. The van der Waals surface area contributed by atoms with Crippen LogP contribution in [0.4, 0.5) is 0 Å². The van der Waals surface area contributed by atoms with Crippen LogP contribution in [0.15, 0.2) is 0 Å². The zero-order valence-electron chi connectivity index (χ0n) is 6.70. The van der Waals surface area contributed by atoms with Gasteiger partial charge in [-0.25, -0.2) is 0 Å². The van der Waals surface area contributed by atoms with E-state index in [0.717, 1.165) is 0 Å². The molecule has 1 unspecified atom stereocenters. The van der Waals surface area contributed by atoms with Crippen LogP contribution in [0.25, 0.3) is 0 Å². The lowest BCUT2D eigenvalue weighted by molar-refractivity contribution is 0.0452. The van der Waals surface area contributed by atoms with E-state index < -0.39 is 9.39 Å². The van der Waals surface area contributed by atoms with Crippen LogP contribution < -0.4 is 0 Å². The minimum absolute atomic E-state index is 0.387. The summed E-state index contributed by atoms with van der Waals surface area (Å²) < 4.78 is -1.24.